The van der Waals surface area contributed by atoms with E-state index in [4.69, 9.17) is 0 Å². The number of carbonyl (C=O) groups excluding carboxylic acids is 2. The van der Waals surface area contributed by atoms with Crippen LogP contribution in [0.4, 0.5) is 20.2 Å². The SMILES string of the molecule is CN=C(Nc1ccc(F)cc1)SC1CC(=O)N(c2ccccc2F)C1=O. The number of halogens is 2. The summed E-state index contributed by atoms with van der Waals surface area (Å²) in [6, 6.07) is 11.3. The van der Waals surface area contributed by atoms with Gasteiger partial charge >= 0.3 is 0 Å². The predicted octanol–water partition coefficient (Wildman–Crippen LogP) is 3.43. The fourth-order valence-corrected chi connectivity index (χ4v) is 3.50. The number of nitrogens with zero attached hydrogens (tertiary/aromatic N) is 2. The van der Waals surface area contributed by atoms with E-state index in [0.29, 0.717) is 10.9 Å². The molecule has 1 unspecified atom stereocenters. The minimum absolute atomic E-state index is 0.0490. The Kier molecular flexibility index (Phi) is 5.32. The Bertz CT molecular complexity index is 871. The Labute approximate surface area is 153 Å². The van der Waals surface area contributed by atoms with Gasteiger partial charge in [0.2, 0.25) is 11.8 Å². The van der Waals surface area contributed by atoms with Crippen LogP contribution in [0.5, 0.6) is 0 Å². The molecule has 1 heterocycles. The molecule has 0 aromatic heterocycles. The molecule has 1 atom stereocenters. The summed E-state index contributed by atoms with van der Waals surface area (Å²) in [5, 5.41) is 2.66. The molecule has 0 saturated carbocycles. The molecule has 1 aliphatic heterocycles. The van der Waals surface area contributed by atoms with Gasteiger partial charge in [-0.25, -0.2) is 13.7 Å². The number of amides is 2. The highest BCUT2D eigenvalue weighted by molar-refractivity contribution is 8.15. The lowest BCUT2D eigenvalue weighted by atomic mass is 10.3. The van der Waals surface area contributed by atoms with Crippen LogP contribution < -0.4 is 10.2 Å². The summed E-state index contributed by atoms with van der Waals surface area (Å²) in [6.45, 7) is 0. The predicted molar refractivity (Wildman–Crippen MR) is 98.3 cm³/mol. The number of nitrogens with one attached hydrogen (secondary N) is 1. The number of anilines is 2. The molecule has 1 saturated heterocycles. The summed E-state index contributed by atoms with van der Waals surface area (Å²) >= 11 is 1.08. The van der Waals surface area contributed by atoms with Crippen LogP contribution in [0.15, 0.2) is 53.5 Å². The molecule has 0 bridgehead atoms. The van der Waals surface area contributed by atoms with E-state index in [9.17, 15) is 18.4 Å². The van der Waals surface area contributed by atoms with E-state index in [0.717, 1.165) is 16.7 Å². The van der Waals surface area contributed by atoms with E-state index in [1.54, 1.807) is 6.07 Å². The second-order valence-electron chi connectivity index (χ2n) is 5.49. The quantitative estimate of drug-likeness (QED) is 0.507. The molecular formula is C18H15F2N3O2S. The van der Waals surface area contributed by atoms with Crippen molar-refractivity contribution in [2.45, 2.75) is 11.7 Å². The highest BCUT2D eigenvalue weighted by atomic mass is 32.2. The third-order valence-corrected chi connectivity index (χ3v) is 4.91. The number of aliphatic imine (C=N–C) groups is 1. The Hall–Kier alpha value is -2.74. The number of hydrogen-bond donors (Lipinski definition) is 1. The Morgan fingerprint density at radius 2 is 1.85 bits per heavy atom. The van der Waals surface area contributed by atoms with Crippen LogP contribution in [0.1, 0.15) is 6.42 Å². The Morgan fingerprint density at radius 3 is 2.50 bits per heavy atom. The molecule has 2 aromatic carbocycles. The van der Waals surface area contributed by atoms with Crippen molar-refractivity contribution in [3.8, 4) is 0 Å². The largest absolute Gasteiger partial charge is 0.335 e. The minimum Gasteiger partial charge on any atom is -0.335 e. The fourth-order valence-electron chi connectivity index (χ4n) is 2.51. The number of amidine groups is 1. The van der Waals surface area contributed by atoms with E-state index < -0.39 is 22.9 Å². The molecule has 0 spiro atoms. The van der Waals surface area contributed by atoms with Gasteiger partial charge in [0.25, 0.3) is 0 Å². The maximum absolute atomic E-state index is 13.9. The van der Waals surface area contributed by atoms with Crippen LogP contribution in [-0.4, -0.2) is 29.3 Å². The van der Waals surface area contributed by atoms with Gasteiger partial charge in [-0.3, -0.25) is 14.6 Å². The van der Waals surface area contributed by atoms with Gasteiger partial charge in [-0.05, 0) is 36.4 Å². The summed E-state index contributed by atoms with van der Waals surface area (Å²) < 4.78 is 26.9. The van der Waals surface area contributed by atoms with Crippen LogP contribution in [0.25, 0.3) is 0 Å². The van der Waals surface area contributed by atoms with Gasteiger partial charge in [0, 0.05) is 19.2 Å². The second kappa shape index (κ2) is 7.65. The van der Waals surface area contributed by atoms with Crippen molar-refractivity contribution in [3.63, 3.8) is 0 Å². The molecule has 2 amide bonds. The van der Waals surface area contributed by atoms with E-state index in [1.165, 1.54) is 49.5 Å². The molecule has 5 nitrogen and oxygen atoms in total. The monoisotopic (exact) mass is 375 g/mol. The zero-order chi connectivity index (χ0) is 18.7. The minimum atomic E-state index is -0.714. The first kappa shape index (κ1) is 18.1. The molecule has 26 heavy (non-hydrogen) atoms. The van der Waals surface area contributed by atoms with Gasteiger partial charge in [0.05, 0.1) is 5.69 Å². The summed E-state index contributed by atoms with van der Waals surface area (Å²) in [6.07, 6.45) is -0.0536. The zero-order valence-corrected chi connectivity index (χ0v) is 14.6. The molecule has 2 aromatic rings. The van der Waals surface area contributed by atoms with Gasteiger partial charge in [0.1, 0.15) is 16.9 Å². The summed E-state index contributed by atoms with van der Waals surface area (Å²) in [5.74, 6) is -1.95. The number of hydrogen-bond acceptors (Lipinski definition) is 4. The standard InChI is InChI=1S/C18H15F2N3O2S/c1-21-18(22-12-8-6-11(19)7-9-12)26-15-10-16(24)23(17(15)25)14-5-3-2-4-13(14)20/h2-9,15H,10H2,1H3,(H,21,22). The van der Waals surface area contributed by atoms with Crippen molar-refractivity contribution in [2.75, 3.05) is 17.3 Å². The normalized spacial score (nSPS) is 17.7. The third kappa shape index (κ3) is 3.75. The van der Waals surface area contributed by atoms with Gasteiger partial charge < -0.3 is 5.32 Å². The van der Waals surface area contributed by atoms with Crippen LogP contribution in [-0.2, 0) is 9.59 Å². The molecule has 8 heteroatoms. The van der Waals surface area contributed by atoms with Crippen molar-refractivity contribution >= 4 is 40.1 Å². The molecule has 3 rings (SSSR count). The zero-order valence-electron chi connectivity index (χ0n) is 13.8. The van der Waals surface area contributed by atoms with Crippen molar-refractivity contribution in [1.82, 2.24) is 0 Å². The molecular weight excluding hydrogens is 360 g/mol. The average molecular weight is 375 g/mol. The maximum Gasteiger partial charge on any atom is 0.247 e. The number of para-hydroxylation sites is 1. The number of imide groups is 1. The average Bonchev–Trinajstić information content (AvgIpc) is 2.90. The second-order valence-corrected chi connectivity index (χ2v) is 6.68. The highest BCUT2D eigenvalue weighted by Crippen LogP contribution is 2.31. The topological polar surface area (TPSA) is 61.8 Å². The van der Waals surface area contributed by atoms with E-state index in [2.05, 4.69) is 10.3 Å². The molecule has 134 valence electrons. The number of thioether (sulfide) groups is 1. The number of benzene rings is 2. The van der Waals surface area contributed by atoms with E-state index in [-0.39, 0.29) is 17.9 Å². The van der Waals surface area contributed by atoms with Crippen LogP contribution >= 0.6 is 11.8 Å². The smallest absolute Gasteiger partial charge is 0.247 e. The maximum atomic E-state index is 13.9. The summed E-state index contributed by atoms with van der Waals surface area (Å²) in [5.41, 5.74) is 0.550. The molecule has 0 aliphatic carbocycles. The first-order valence-electron chi connectivity index (χ1n) is 7.77. The first-order chi connectivity index (χ1) is 12.5. The van der Waals surface area contributed by atoms with Gasteiger partial charge in [-0.2, -0.15) is 0 Å². The molecule has 1 aliphatic rings. The molecule has 1 N–H and O–H groups in total. The van der Waals surface area contributed by atoms with Crippen LogP contribution in [0.2, 0.25) is 0 Å². The lowest BCUT2D eigenvalue weighted by Crippen LogP contribution is -2.32. The van der Waals surface area contributed by atoms with Crippen molar-refractivity contribution in [1.29, 1.82) is 0 Å². The fraction of sp³-hybridized carbons (Fsp3) is 0.167. The Morgan fingerprint density at radius 1 is 1.15 bits per heavy atom. The van der Waals surface area contributed by atoms with E-state index in [1.807, 2.05) is 0 Å². The molecule has 1 fully saturated rings. The van der Waals surface area contributed by atoms with Crippen molar-refractivity contribution in [3.05, 3.63) is 60.2 Å². The van der Waals surface area contributed by atoms with E-state index >= 15 is 0 Å². The summed E-state index contributed by atoms with van der Waals surface area (Å²) in [7, 11) is 1.54. The van der Waals surface area contributed by atoms with Gasteiger partial charge in [-0.15, -0.1) is 0 Å². The van der Waals surface area contributed by atoms with Crippen LogP contribution in [0, 0.1) is 11.6 Å². The lowest BCUT2D eigenvalue weighted by Gasteiger charge is -2.16. The number of carbonyl (C=O) groups is 2. The van der Waals surface area contributed by atoms with Crippen molar-refractivity contribution in [2.24, 2.45) is 4.99 Å². The highest BCUT2D eigenvalue weighted by Gasteiger charge is 2.41. The first-order valence-corrected chi connectivity index (χ1v) is 8.65. The van der Waals surface area contributed by atoms with Gasteiger partial charge in [-0.1, -0.05) is 23.9 Å². The molecule has 0 radical (unpaired) electrons. The lowest BCUT2D eigenvalue weighted by molar-refractivity contribution is -0.121. The van der Waals surface area contributed by atoms with Gasteiger partial charge in [0.15, 0.2) is 5.17 Å². The third-order valence-electron chi connectivity index (χ3n) is 3.75. The Balaban J connectivity index is 1.73. The number of rotatable bonds is 3. The van der Waals surface area contributed by atoms with Crippen molar-refractivity contribution < 1.29 is 18.4 Å². The van der Waals surface area contributed by atoms with Crippen LogP contribution in [0.3, 0.4) is 0 Å². The summed E-state index contributed by atoms with van der Waals surface area (Å²) in [4.78, 5) is 29.8.